The summed E-state index contributed by atoms with van der Waals surface area (Å²) < 4.78 is 27.6. The van der Waals surface area contributed by atoms with Crippen molar-refractivity contribution in [3.05, 3.63) is 42.5 Å². The fourth-order valence-corrected chi connectivity index (χ4v) is 2.86. The molecule has 0 spiro atoms. The highest BCUT2D eigenvalue weighted by molar-refractivity contribution is 7.89. The van der Waals surface area contributed by atoms with E-state index >= 15 is 0 Å². The highest BCUT2D eigenvalue weighted by atomic mass is 32.2. The lowest BCUT2D eigenvalue weighted by Gasteiger charge is -2.15. The van der Waals surface area contributed by atoms with Gasteiger partial charge in [-0.15, -0.1) is 0 Å². The van der Waals surface area contributed by atoms with Crippen molar-refractivity contribution in [1.82, 2.24) is 19.1 Å². The van der Waals surface area contributed by atoms with Crippen LogP contribution in [0.3, 0.4) is 0 Å². The van der Waals surface area contributed by atoms with Crippen molar-refractivity contribution >= 4 is 10.0 Å². The first-order chi connectivity index (χ1) is 9.54. The Morgan fingerprint density at radius 2 is 2.05 bits per heavy atom. The summed E-state index contributed by atoms with van der Waals surface area (Å²) in [5, 5.41) is 3.98. The number of sulfonamides is 1. The molecule has 0 saturated carbocycles. The first-order valence-corrected chi connectivity index (χ1v) is 7.56. The number of nitrogens with zero attached hydrogens (tertiary/aromatic N) is 4. The van der Waals surface area contributed by atoms with E-state index in [1.807, 2.05) is 0 Å². The molecule has 2 rings (SSSR count). The van der Waals surface area contributed by atoms with E-state index in [1.165, 1.54) is 28.4 Å². The minimum absolute atomic E-state index is 0.169. The lowest BCUT2D eigenvalue weighted by Crippen LogP contribution is -2.26. The van der Waals surface area contributed by atoms with Gasteiger partial charge in [0.1, 0.15) is 4.90 Å². The summed E-state index contributed by atoms with van der Waals surface area (Å²) in [5.74, 6) is 0. The van der Waals surface area contributed by atoms with Gasteiger partial charge in [0.15, 0.2) is 0 Å². The first kappa shape index (κ1) is 14.6. The summed E-state index contributed by atoms with van der Waals surface area (Å²) >= 11 is 0. The molecule has 2 heterocycles. The van der Waals surface area contributed by atoms with Crippen LogP contribution in [-0.4, -0.2) is 41.1 Å². The number of aromatic nitrogens is 3. The summed E-state index contributed by atoms with van der Waals surface area (Å²) in [6.07, 6.45) is 6.10. The number of hydrogen-bond acceptors (Lipinski definition) is 5. The Hall–Kier alpha value is -1.77. The van der Waals surface area contributed by atoms with Crippen LogP contribution >= 0.6 is 0 Å². The molecule has 0 unspecified atom stereocenters. The van der Waals surface area contributed by atoms with Crippen LogP contribution in [0.4, 0.5) is 0 Å². The Kier molecular flexibility index (Phi) is 4.48. The van der Waals surface area contributed by atoms with Crippen LogP contribution in [-0.2, 0) is 23.1 Å². The molecule has 0 saturated heterocycles. The Bertz CT molecular complexity index is 653. The molecule has 0 atom stereocenters. The fourth-order valence-electron chi connectivity index (χ4n) is 1.74. The van der Waals surface area contributed by atoms with E-state index in [-0.39, 0.29) is 11.4 Å². The second kappa shape index (κ2) is 6.12. The average Bonchev–Trinajstić information content (AvgIpc) is 2.89. The molecule has 0 fully saturated rings. The van der Waals surface area contributed by atoms with Crippen LogP contribution in [0.1, 0.15) is 5.56 Å². The van der Waals surface area contributed by atoms with Gasteiger partial charge in [-0.1, -0.05) is 0 Å². The third-order valence-corrected chi connectivity index (χ3v) is 4.59. The first-order valence-electron chi connectivity index (χ1n) is 6.12. The van der Waals surface area contributed by atoms with E-state index in [2.05, 4.69) is 10.1 Å². The molecule has 0 aliphatic carbocycles. The van der Waals surface area contributed by atoms with Gasteiger partial charge in [0, 0.05) is 38.7 Å². The van der Waals surface area contributed by atoms with Gasteiger partial charge in [-0.3, -0.25) is 9.67 Å². The summed E-state index contributed by atoms with van der Waals surface area (Å²) in [5.41, 5.74) is 6.29. The maximum Gasteiger partial charge on any atom is 0.246 e. The van der Waals surface area contributed by atoms with E-state index in [1.54, 1.807) is 24.5 Å². The maximum absolute atomic E-state index is 12.4. The topological polar surface area (TPSA) is 94.1 Å². The number of rotatable bonds is 6. The highest BCUT2D eigenvalue weighted by Gasteiger charge is 2.22. The molecule has 2 N–H and O–H groups in total. The lowest BCUT2D eigenvalue weighted by molar-refractivity contribution is 0.466. The van der Waals surface area contributed by atoms with Gasteiger partial charge in [-0.2, -0.15) is 9.40 Å². The van der Waals surface area contributed by atoms with E-state index in [4.69, 9.17) is 5.73 Å². The quantitative estimate of drug-likeness (QED) is 0.813. The van der Waals surface area contributed by atoms with Crippen molar-refractivity contribution < 1.29 is 8.42 Å². The van der Waals surface area contributed by atoms with Crippen LogP contribution in [0.5, 0.6) is 0 Å². The van der Waals surface area contributed by atoms with Gasteiger partial charge in [-0.25, -0.2) is 8.42 Å². The SMILES string of the molecule is CN(Cc1ccncc1)S(=O)(=O)c1cnn(CCN)c1. The molecule has 0 aliphatic heterocycles. The van der Waals surface area contributed by atoms with Crippen LogP contribution in [0.15, 0.2) is 41.8 Å². The van der Waals surface area contributed by atoms with Gasteiger partial charge in [0.2, 0.25) is 10.0 Å². The van der Waals surface area contributed by atoms with Gasteiger partial charge in [0.05, 0.1) is 12.7 Å². The molecule has 8 heteroatoms. The molecular weight excluding hydrogens is 278 g/mol. The third-order valence-electron chi connectivity index (χ3n) is 2.83. The predicted molar refractivity (Wildman–Crippen MR) is 74.2 cm³/mol. The summed E-state index contributed by atoms with van der Waals surface area (Å²) in [6.45, 7) is 1.19. The average molecular weight is 295 g/mol. The number of nitrogens with two attached hydrogens (primary N) is 1. The molecule has 7 nitrogen and oxygen atoms in total. The van der Waals surface area contributed by atoms with E-state index in [0.29, 0.717) is 13.1 Å². The van der Waals surface area contributed by atoms with Crippen molar-refractivity contribution in [1.29, 1.82) is 0 Å². The zero-order valence-corrected chi connectivity index (χ0v) is 12.0. The Labute approximate surface area is 118 Å². The minimum atomic E-state index is -3.55. The smallest absolute Gasteiger partial charge is 0.246 e. The number of hydrogen-bond donors (Lipinski definition) is 1. The molecule has 0 radical (unpaired) electrons. The molecule has 108 valence electrons. The summed E-state index contributed by atoms with van der Waals surface area (Å²) in [4.78, 5) is 4.07. The Morgan fingerprint density at radius 3 is 2.70 bits per heavy atom. The largest absolute Gasteiger partial charge is 0.329 e. The minimum Gasteiger partial charge on any atom is -0.329 e. The van der Waals surface area contributed by atoms with Crippen LogP contribution < -0.4 is 5.73 Å². The fraction of sp³-hybridized carbons (Fsp3) is 0.333. The second-order valence-corrected chi connectivity index (χ2v) is 6.39. The van der Waals surface area contributed by atoms with Gasteiger partial charge in [-0.05, 0) is 17.7 Å². The van der Waals surface area contributed by atoms with Crippen LogP contribution in [0, 0.1) is 0 Å². The molecular formula is C12H17N5O2S. The zero-order chi connectivity index (χ0) is 14.6. The maximum atomic E-state index is 12.4. The van der Waals surface area contributed by atoms with Crippen molar-refractivity contribution in [2.24, 2.45) is 5.73 Å². The van der Waals surface area contributed by atoms with Gasteiger partial charge >= 0.3 is 0 Å². The molecule has 20 heavy (non-hydrogen) atoms. The zero-order valence-electron chi connectivity index (χ0n) is 11.2. The summed E-state index contributed by atoms with van der Waals surface area (Å²) in [6, 6.07) is 3.56. The summed E-state index contributed by atoms with van der Waals surface area (Å²) in [7, 11) is -2.01. The molecule has 2 aromatic heterocycles. The highest BCUT2D eigenvalue weighted by Crippen LogP contribution is 2.15. The van der Waals surface area contributed by atoms with Crippen LogP contribution in [0.2, 0.25) is 0 Å². The second-order valence-electron chi connectivity index (χ2n) is 4.34. The van der Waals surface area contributed by atoms with Gasteiger partial charge < -0.3 is 5.73 Å². The van der Waals surface area contributed by atoms with Crippen molar-refractivity contribution in [3.8, 4) is 0 Å². The molecule has 0 aliphatic rings. The van der Waals surface area contributed by atoms with E-state index in [9.17, 15) is 8.42 Å². The molecule has 2 aromatic rings. The normalized spacial score (nSPS) is 11.9. The van der Waals surface area contributed by atoms with E-state index in [0.717, 1.165) is 5.56 Å². The van der Waals surface area contributed by atoms with Crippen LogP contribution in [0.25, 0.3) is 0 Å². The molecule has 0 bridgehead atoms. The monoisotopic (exact) mass is 295 g/mol. The Balaban J connectivity index is 2.16. The Morgan fingerprint density at radius 1 is 1.35 bits per heavy atom. The lowest BCUT2D eigenvalue weighted by atomic mass is 10.3. The van der Waals surface area contributed by atoms with E-state index < -0.39 is 10.0 Å². The van der Waals surface area contributed by atoms with Crippen molar-refractivity contribution in [3.63, 3.8) is 0 Å². The van der Waals surface area contributed by atoms with Crippen molar-refractivity contribution in [2.75, 3.05) is 13.6 Å². The standard InChI is InChI=1S/C12H17N5O2S/c1-16(9-11-2-5-14-6-3-11)20(18,19)12-8-15-17(10-12)7-4-13/h2-3,5-6,8,10H,4,7,9,13H2,1H3. The molecule has 0 amide bonds. The van der Waals surface area contributed by atoms with Crippen molar-refractivity contribution in [2.45, 2.75) is 18.0 Å². The van der Waals surface area contributed by atoms with Gasteiger partial charge in [0.25, 0.3) is 0 Å². The number of pyridine rings is 1. The molecule has 0 aromatic carbocycles. The predicted octanol–water partition coefficient (Wildman–Crippen LogP) is 0.0575. The third kappa shape index (κ3) is 3.21.